The number of likely N-dealkylation sites (tertiary alicyclic amines) is 1. The molecule has 0 aliphatic carbocycles. The molecule has 2 nitrogen and oxygen atoms in total. The van der Waals surface area contributed by atoms with E-state index in [1.807, 2.05) is 30.0 Å². The summed E-state index contributed by atoms with van der Waals surface area (Å²) >= 11 is 0. The molecule has 1 aliphatic heterocycles. The van der Waals surface area contributed by atoms with Gasteiger partial charge in [0.2, 0.25) is 0 Å². The molecule has 2 heteroatoms. The van der Waals surface area contributed by atoms with Crippen LogP contribution in [0.25, 0.3) is 0 Å². The second kappa shape index (κ2) is 5.05. The van der Waals surface area contributed by atoms with Crippen LogP contribution in [0.15, 0.2) is 18.2 Å². The van der Waals surface area contributed by atoms with Crippen LogP contribution in [0.1, 0.15) is 40.7 Å². The molecule has 0 saturated carbocycles. The van der Waals surface area contributed by atoms with Crippen LogP contribution in [0.3, 0.4) is 0 Å². The third-order valence-electron chi connectivity index (χ3n) is 3.29. The highest BCUT2D eigenvalue weighted by molar-refractivity contribution is 5.97. The summed E-state index contributed by atoms with van der Waals surface area (Å²) in [6, 6.07) is 5.68. The van der Waals surface area contributed by atoms with E-state index in [1.165, 1.54) is 6.42 Å². The molecule has 0 N–H and O–H groups in total. The van der Waals surface area contributed by atoms with Crippen molar-refractivity contribution >= 4 is 5.91 Å². The van der Waals surface area contributed by atoms with E-state index < -0.39 is 0 Å². The second-order valence-electron chi connectivity index (χ2n) is 4.49. The Labute approximate surface area is 103 Å². The first-order valence-electron chi connectivity index (χ1n) is 6.09. The SMILES string of the molecule is C#Cc1c(C)cccc1C(=O)N1CCCCC1. The van der Waals surface area contributed by atoms with Gasteiger partial charge in [-0.1, -0.05) is 18.1 Å². The smallest absolute Gasteiger partial charge is 0.255 e. The molecule has 0 bridgehead atoms. The molecular weight excluding hydrogens is 210 g/mol. The third kappa shape index (κ3) is 2.34. The van der Waals surface area contributed by atoms with Crippen LogP contribution in [-0.2, 0) is 0 Å². The number of carbonyl (C=O) groups excluding carboxylic acids is 1. The van der Waals surface area contributed by atoms with Gasteiger partial charge in [-0.05, 0) is 37.8 Å². The Balaban J connectivity index is 2.30. The van der Waals surface area contributed by atoms with E-state index in [0.717, 1.165) is 37.1 Å². The second-order valence-corrected chi connectivity index (χ2v) is 4.49. The van der Waals surface area contributed by atoms with Gasteiger partial charge in [-0.2, -0.15) is 0 Å². The highest BCUT2D eigenvalue weighted by Gasteiger charge is 2.20. The normalized spacial score (nSPS) is 15.4. The summed E-state index contributed by atoms with van der Waals surface area (Å²) in [6.07, 6.45) is 8.92. The summed E-state index contributed by atoms with van der Waals surface area (Å²) in [4.78, 5) is 14.3. The van der Waals surface area contributed by atoms with Gasteiger partial charge in [0, 0.05) is 18.7 Å². The maximum absolute atomic E-state index is 12.4. The number of hydrogen-bond donors (Lipinski definition) is 0. The van der Waals surface area contributed by atoms with Gasteiger partial charge in [-0.3, -0.25) is 4.79 Å². The number of nitrogens with zero attached hydrogens (tertiary/aromatic N) is 1. The minimum atomic E-state index is 0.0846. The average Bonchev–Trinajstić information content (AvgIpc) is 2.38. The van der Waals surface area contributed by atoms with Crippen molar-refractivity contribution in [3.8, 4) is 12.3 Å². The topological polar surface area (TPSA) is 20.3 Å². The van der Waals surface area contributed by atoms with Gasteiger partial charge in [-0.15, -0.1) is 6.42 Å². The summed E-state index contributed by atoms with van der Waals surface area (Å²) in [6.45, 7) is 3.66. The number of aryl methyl sites for hydroxylation is 1. The summed E-state index contributed by atoms with van der Waals surface area (Å²) in [5, 5.41) is 0. The molecule has 1 fully saturated rings. The molecular formula is C15H17NO. The first kappa shape index (κ1) is 11.7. The van der Waals surface area contributed by atoms with Crippen molar-refractivity contribution in [2.45, 2.75) is 26.2 Å². The van der Waals surface area contributed by atoms with E-state index in [4.69, 9.17) is 6.42 Å². The van der Waals surface area contributed by atoms with Crippen LogP contribution in [0.2, 0.25) is 0 Å². The zero-order valence-electron chi connectivity index (χ0n) is 10.2. The molecule has 2 rings (SSSR count). The predicted octanol–water partition coefficient (Wildman–Crippen LogP) is 2.60. The molecule has 0 radical (unpaired) electrons. The molecule has 0 spiro atoms. The zero-order valence-corrected chi connectivity index (χ0v) is 10.2. The predicted molar refractivity (Wildman–Crippen MR) is 68.9 cm³/mol. The average molecular weight is 227 g/mol. The summed E-state index contributed by atoms with van der Waals surface area (Å²) in [5.41, 5.74) is 2.41. The number of rotatable bonds is 1. The van der Waals surface area contributed by atoms with Crippen molar-refractivity contribution in [2.24, 2.45) is 0 Å². The van der Waals surface area contributed by atoms with Crippen LogP contribution in [0.5, 0.6) is 0 Å². The Bertz CT molecular complexity index is 464. The van der Waals surface area contributed by atoms with Crippen molar-refractivity contribution in [3.05, 3.63) is 34.9 Å². The Morgan fingerprint density at radius 3 is 2.65 bits per heavy atom. The van der Waals surface area contributed by atoms with Crippen molar-refractivity contribution in [2.75, 3.05) is 13.1 Å². The maximum atomic E-state index is 12.4. The molecule has 0 unspecified atom stereocenters. The minimum Gasteiger partial charge on any atom is -0.339 e. The summed E-state index contributed by atoms with van der Waals surface area (Å²) in [7, 11) is 0. The largest absolute Gasteiger partial charge is 0.339 e. The van der Waals surface area contributed by atoms with E-state index >= 15 is 0 Å². The number of carbonyl (C=O) groups is 1. The van der Waals surface area contributed by atoms with E-state index in [2.05, 4.69) is 5.92 Å². The summed E-state index contributed by atoms with van der Waals surface area (Å²) < 4.78 is 0. The molecule has 1 saturated heterocycles. The molecule has 88 valence electrons. The van der Waals surface area contributed by atoms with Crippen LogP contribution < -0.4 is 0 Å². The van der Waals surface area contributed by atoms with Crippen LogP contribution in [0, 0.1) is 19.3 Å². The Morgan fingerprint density at radius 2 is 2.00 bits per heavy atom. The van der Waals surface area contributed by atoms with Gasteiger partial charge in [-0.25, -0.2) is 0 Å². The monoisotopic (exact) mass is 227 g/mol. The Morgan fingerprint density at radius 1 is 1.29 bits per heavy atom. The fourth-order valence-electron chi connectivity index (χ4n) is 2.30. The summed E-state index contributed by atoms with van der Waals surface area (Å²) in [5.74, 6) is 2.72. The number of amides is 1. The first-order chi connectivity index (χ1) is 8.24. The third-order valence-corrected chi connectivity index (χ3v) is 3.29. The first-order valence-corrected chi connectivity index (χ1v) is 6.09. The van der Waals surface area contributed by atoms with E-state index in [1.54, 1.807) is 0 Å². The molecule has 0 atom stereocenters. The quantitative estimate of drug-likeness (QED) is 0.675. The highest BCUT2D eigenvalue weighted by Crippen LogP contribution is 2.18. The van der Waals surface area contributed by atoms with Gasteiger partial charge in [0.05, 0.1) is 5.56 Å². The number of benzene rings is 1. The van der Waals surface area contributed by atoms with Gasteiger partial charge < -0.3 is 4.90 Å². The lowest BCUT2D eigenvalue weighted by molar-refractivity contribution is 0.0724. The standard InChI is InChI=1S/C15H17NO/c1-3-13-12(2)8-7-9-14(13)15(17)16-10-5-4-6-11-16/h1,7-9H,4-6,10-11H2,2H3. The van der Waals surface area contributed by atoms with Crippen molar-refractivity contribution in [1.82, 2.24) is 4.90 Å². The van der Waals surface area contributed by atoms with E-state index in [9.17, 15) is 4.79 Å². The maximum Gasteiger partial charge on any atom is 0.255 e. The Hall–Kier alpha value is -1.75. The fourth-order valence-corrected chi connectivity index (χ4v) is 2.30. The molecule has 1 aromatic rings. The highest BCUT2D eigenvalue weighted by atomic mass is 16.2. The Kier molecular flexibility index (Phi) is 3.49. The number of piperidine rings is 1. The van der Waals surface area contributed by atoms with Crippen molar-refractivity contribution in [1.29, 1.82) is 0 Å². The van der Waals surface area contributed by atoms with Gasteiger partial charge in [0.15, 0.2) is 0 Å². The van der Waals surface area contributed by atoms with Crippen molar-refractivity contribution < 1.29 is 4.79 Å². The van der Waals surface area contributed by atoms with Gasteiger partial charge >= 0.3 is 0 Å². The zero-order chi connectivity index (χ0) is 12.3. The lowest BCUT2D eigenvalue weighted by Gasteiger charge is -2.27. The molecule has 1 amide bonds. The molecule has 1 heterocycles. The van der Waals surface area contributed by atoms with Crippen LogP contribution in [0.4, 0.5) is 0 Å². The van der Waals surface area contributed by atoms with E-state index in [0.29, 0.717) is 5.56 Å². The van der Waals surface area contributed by atoms with E-state index in [-0.39, 0.29) is 5.91 Å². The molecule has 1 aliphatic rings. The number of hydrogen-bond acceptors (Lipinski definition) is 1. The van der Waals surface area contributed by atoms with Crippen molar-refractivity contribution in [3.63, 3.8) is 0 Å². The van der Waals surface area contributed by atoms with Gasteiger partial charge in [0.25, 0.3) is 5.91 Å². The lowest BCUT2D eigenvalue weighted by Crippen LogP contribution is -2.36. The lowest BCUT2D eigenvalue weighted by atomic mass is 10.0. The molecule has 17 heavy (non-hydrogen) atoms. The van der Waals surface area contributed by atoms with Gasteiger partial charge in [0.1, 0.15) is 0 Å². The van der Waals surface area contributed by atoms with Crippen LogP contribution >= 0.6 is 0 Å². The number of terminal acetylenes is 1. The minimum absolute atomic E-state index is 0.0846. The fraction of sp³-hybridized carbons (Fsp3) is 0.400. The molecule has 0 aromatic heterocycles. The molecule has 1 aromatic carbocycles. The van der Waals surface area contributed by atoms with Crippen LogP contribution in [-0.4, -0.2) is 23.9 Å².